The van der Waals surface area contributed by atoms with Gasteiger partial charge in [0.15, 0.2) is 0 Å². The van der Waals surface area contributed by atoms with Gasteiger partial charge in [-0.25, -0.2) is 5.90 Å². The van der Waals surface area contributed by atoms with Crippen LogP contribution in [0.5, 0.6) is 5.75 Å². The monoisotopic (exact) mass is 243 g/mol. The molecule has 4 nitrogen and oxygen atoms in total. The summed E-state index contributed by atoms with van der Waals surface area (Å²) < 4.78 is 10.7. The number of ether oxygens (including phenoxy) is 2. The van der Waals surface area contributed by atoms with Gasteiger partial charge in [-0.2, -0.15) is 0 Å². The standard InChI is InChI=1S/C11H14ClNO3/c12-10-5-8(3-4-15-13)1-2-11(10)16-9-6-14-7-9/h1-2,5,9H,3-4,6-7,13H2. The van der Waals surface area contributed by atoms with Crippen LogP contribution in [0.15, 0.2) is 18.2 Å². The molecule has 1 aromatic rings. The van der Waals surface area contributed by atoms with E-state index in [2.05, 4.69) is 4.84 Å². The molecule has 0 aliphatic carbocycles. The molecule has 16 heavy (non-hydrogen) atoms. The lowest BCUT2D eigenvalue weighted by Crippen LogP contribution is -2.38. The van der Waals surface area contributed by atoms with Crippen molar-refractivity contribution >= 4 is 11.6 Å². The zero-order valence-electron chi connectivity index (χ0n) is 8.82. The Labute approximate surface area is 99.2 Å². The summed E-state index contributed by atoms with van der Waals surface area (Å²) in [4.78, 5) is 4.52. The van der Waals surface area contributed by atoms with Crippen LogP contribution < -0.4 is 10.6 Å². The normalized spacial score (nSPS) is 15.9. The highest BCUT2D eigenvalue weighted by Crippen LogP contribution is 2.27. The Hall–Kier alpha value is -0.810. The van der Waals surface area contributed by atoms with Crippen LogP contribution in [-0.4, -0.2) is 25.9 Å². The van der Waals surface area contributed by atoms with Crippen LogP contribution in [0.25, 0.3) is 0 Å². The molecule has 1 saturated heterocycles. The maximum absolute atomic E-state index is 6.10. The number of hydrogen-bond acceptors (Lipinski definition) is 4. The molecule has 1 fully saturated rings. The van der Waals surface area contributed by atoms with Gasteiger partial charge in [0.2, 0.25) is 0 Å². The van der Waals surface area contributed by atoms with Crippen molar-refractivity contribution in [2.45, 2.75) is 12.5 Å². The number of hydrogen-bond donors (Lipinski definition) is 1. The van der Waals surface area contributed by atoms with Crippen LogP contribution in [-0.2, 0) is 16.0 Å². The molecule has 1 aromatic carbocycles. The van der Waals surface area contributed by atoms with E-state index in [9.17, 15) is 0 Å². The molecule has 5 heteroatoms. The lowest BCUT2D eigenvalue weighted by molar-refractivity contribution is -0.0796. The maximum atomic E-state index is 6.10. The van der Waals surface area contributed by atoms with Gasteiger partial charge in [0.1, 0.15) is 11.9 Å². The summed E-state index contributed by atoms with van der Waals surface area (Å²) in [6, 6.07) is 5.70. The quantitative estimate of drug-likeness (QED) is 0.798. The Morgan fingerprint density at radius 1 is 1.44 bits per heavy atom. The Balaban J connectivity index is 1.97. The second-order valence-electron chi connectivity index (χ2n) is 3.66. The van der Waals surface area contributed by atoms with E-state index < -0.39 is 0 Å². The molecule has 0 atom stereocenters. The molecule has 1 aliphatic rings. The smallest absolute Gasteiger partial charge is 0.145 e. The summed E-state index contributed by atoms with van der Waals surface area (Å²) >= 11 is 6.10. The minimum Gasteiger partial charge on any atom is -0.484 e. The Morgan fingerprint density at radius 2 is 2.25 bits per heavy atom. The van der Waals surface area contributed by atoms with Crippen LogP contribution in [0.4, 0.5) is 0 Å². The summed E-state index contributed by atoms with van der Waals surface area (Å²) in [5, 5.41) is 0.612. The molecular formula is C11H14ClNO3. The van der Waals surface area contributed by atoms with Gasteiger partial charge in [0.25, 0.3) is 0 Å². The zero-order valence-corrected chi connectivity index (χ0v) is 9.57. The van der Waals surface area contributed by atoms with Crippen molar-refractivity contribution in [3.63, 3.8) is 0 Å². The first-order valence-corrected chi connectivity index (χ1v) is 5.52. The van der Waals surface area contributed by atoms with Crippen LogP contribution in [0.3, 0.4) is 0 Å². The Bertz CT molecular complexity index is 355. The topological polar surface area (TPSA) is 53.7 Å². The first-order chi connectivity index (χ1) is 7.79. The minimum atomic E-state index is 0.135. The molecule has 0 amide bonds. The fourth-order valence-corrected chi connectivity index (χ4v) is 1.68. The van der Waals surface area contributed by atoms with Crippen LogP contribution >= 0.6 is 11.6 Å². The number of halogens is 1. The zero-order chi connectivity index (χ0) is 11.4. The second-order valence-corrected chi connectivity index (χ2v) is 4.07. The van der Waals surface area contributed by atoms with Crippen molar-refractivity contribution in [1.29, 1.82) is 0 Å². The number of benzene rings is 1. The maximum Gasteiger partial charge on any atom is 0.145 e. The van der Waals surface area contributed by atoms with Gasteiger partial charge in [-0.05, 0) is 24.1 Å². The lowest BCUT2D eigenvalue weighted by Gasteiger charge is -2.27. The number of nitrogens with two attached hydrogens (primary N) is 1. The van der Waals surface area contributed by atoms with E-state index >= 15 is 0 Å². The van der Waals surface area contributed by atoms with E-state index in [0.29, 0.717) is 30.6 Å². The van der Waals surface area contributed by atoms with Crippen LogP contribution in [0, 0.1) is 0 Å². The summed E-state index contributed by atoms with van der Waals surface area (Å²) in [6.45, 7) is 1.76. The average molecular weight is 244 g/mol. The van der Waals surface area contributed by atoms with Crippen molar-refractivity contribution < 1.29 is 14.3 Å². The molecule has 0 spiro atoms. The first-order valence-electron chi connectivity index (χ1n) is 5.14. The molecule has 0 radical (unpaired) electrons. The predicted octanol–water partition coefficient (Wildman–Crippen LogP) is 1.55. The summed E-state index contributed by atoms with van der Waals surface area (Å²) in [5.74, 6) is 5.67. The first kappa shape index (κ1) is 11.7. The van der Waals surface area contributed by atoms with Crippen molar-refractivity contribution in [1.82, 2.24) is 0 Å². The lowest BCUT2D eigenvalue weighted by atomic mass is 10.1. The second kappa shape index (κ2) is 5.50. The van der Waals surface area contributed by atoms with Crippen molar-refractivity contribution in [3.05, 3.63) is 28.8 Å². The van der Waals surface area contributed by atoms with Gasteiger partial charge in [-0.3, -0.25) is 0 Å². The van der Waals surface area contributed by atoms with Crippen LogP contribution in [0.1, 0.15) is 5.56 Å². The van der Waals surface area contributed by atoms with Crippen molar-refractivity contribution in [3.8, 4) is 5.75 Å². The molecule has 0 saturated carbocycles. The van der Waals surface area contributed by atoms with Gasteiger partial charge in [0.05, 0.1) is 24.8 Å². The molecule has 0 aromatic heterocycles. The van der Waals surface area contributed by atoms with Crippen LogP contribution in [0.2, 0.25) is 5.02 Å². The molecular weight excluding hydrogens is 230 g/mol. The highest BCUT2D eigenvalue weighted by Gasteiger charge is 2.21. The molecule has 88 valence electrons. The average Bonchev–Trinajstić information content (AvgIpc) is 2.22. The predicted molar refractivity (Wildman–Crippen MR) is 60.5 cm³/mol. The van der Waals surface area contributed by atoms with E-state index in [1.165, 1.54) is 0 Å². The third kappa shape index (κ3) is 2.86. The third-order valence-electron chi connectivity index (χ3n) is 2.41. The number of rotatable bonds is 5. The SMILES string of the molecule is NOCCc1ccc(OC2COC2)c(Cl)c1. The van der Waals surface area contributed by atoms with E-state index in [-0.39, 0.29) is 6.10 Å². The third-order valence-corrected chi connectivity index (χ3v) is 2.70. The summed E-state index contributed by atoms with van der Waals surface area (Å²) in [7, 11) is 0. The van der Waals surface area contributed by atoms with Crippen molar-refractivity contribution in [2.75, 3.05) is 19.8 Å². The summed E-state index contributed by atoms with van der Waals surface area (Å²) in [5.41, 5.74) is 1.08. The van der Waals surface area contributed by atoms with E-state index in [4.69, 9.17) is 27.0 Å². The van der Waals surface area contributed by atoms with Crippen molar-refractivity contribution in [2.24, 2.45) is 5.90 Å². The largest absolute Gasteiger partial charge is 0.484 e. The highest BCUT2D eigenvalue weighted by atomic mass is 35.5. The van der Waals surface area contributed by atoms with E-state index in [1.807, 2.05) is 18.2 Å². The summed E-state index contributed by atoms with van der Waals surface area (Å²) in [6.07, 6.45) is 0.874. The Morgan fingerprint density at radius 3 is 2.81 bits per heavy atom. The van der Waals surface area contributed by atoms with Gasteiger partial charge in [-0.15, -0.1) is 0 Å². The fourth-order valence-electron chi connectivity index (χ4n) is 1.43. The van der Waals surface area contributed by atoms with Gasteiger partial charge >= 0.3 is 0 Å². The van der Waals surface area contributed by atoms with Gasteiger partial charge in [-0.1, -0.05) is 17.7 Å². The Kier molecular flexibility index (Phi) is 4.01. The molecule has 1 aliphatic heterocycles. The molecule has 0 bridgehead atoms. The van der Waals surface area contributed by atoms with Gasteiger partial charge < -0.3 is 14.3 Å². The molecule has 1 heterocycles. The highest BCUT2D eigenvalue weighted by molar-refractivity contribution is 6.32. The molecule has 0 unspecified atom stereocenters. The van der Waals surface area contributed by atoms with Gasteiger partial charge in [0, 0.05) is 0 Å². The van der Waals surface area contributed by atoms with E-state index in [1.54, 1.807) is 0 Å². The molecule has 2 N–H and O–H groups in total. The minimum absolute atomic E-state index is 0.135. The molecule has 2 rings (SSSR count). The fraction of sp³-hybridized carbons (Fsp3) is 0.455. The van der Waals surface area contributed by atoms with E-state index in [0.717, 1.165) is 12.0 Å².